The molecule has 58 heavy (non-hydrogen) atoms. The highest BCUT2D eigenvalue weighted by Gasteiger charge is 2.33. The summed E-state index contributed by atoms with van der Waals surface area (Å²) in [6.07, 6.45) is 3.98. The van der Waals surface area contributed by atoms with Gasteiger partial charge in [-0.25, -0.2) is 0 Å². The number of carboxylic acids is 1. The van der Waals surface area contributed by atoms with Gasteiger partial charge < -0.3 is 53.5 Å². The summed E-state index contributed by atoms with van der Waals surface area (Å²) in [4.78, 5) is 98.9. The monoisotopic (exact) mass is 822 g/mol. The minimum atomic E-state index is -1.27. The van der Waals surface area contributed by atoms with Crippen molar-refractivity contribution in [3.05, 3.63) is 71.9 Å². The highest BCUT2D eigenvalue weighted by atomic mass is 32.2. The van der Waals surface area contributed by atoms with Gasteiger partial charge in [0.05, 0.1) is 0 Å². The number of aromatic amines is 1. The molecule has 12 N–H and O–H groups in total. The number of aliphatic imine (C=N–C) groups is 1. The van der Waals surface area contributed by atoms with Gasteiger partial charge in [0.25, 0.3) is 0 Å². The number of thioether (sulfide) groups is 1. The van der Waals surface area contributed by atoms with Crippen molar-refractivity contribution in [1.82, 2.24) is 36.9 Å². The topological polar surface area (TPSA) is 292 Å². The van der Waals surface area contributed by atoms with Crippen molar-refractivity contribution in [3.8, 4) is 0 Å². The fourth-order valence-electron chi connectivity index (χ4n) is 5.93. The maximum absolute atomic E-state index is 14.1. The second kappa shape index (κ2) is 23.2. The Morgan fingerprint density at radius 3 is 1.88 bits per heavy atom. The number of carboxylic acid groups (broad SMARTS) is 1. The van der Waals surface area contributed by atoms with E-state index in [2.05, 4.69) is 41.9 Å². The molecule has 6 amide bonds. The lowest BCUT2D eigenvalue weighted by molar-refractivity contribution is -0.141. The summed E-state index contributed by atoms with van der Waals surface area (Å²) in [5.74, 6) is -4.96. The molecule has 6 atom stereocenters. The van der Waals surface area contributed by atoms with Crippen LogP contribution in [0, 0.1) is 0 Å². The van der Waals surface area contributed by atoms with Gasteiger partial charge in [-0.3, -0.25) is 38.6 Å². The third-order valence-corrected chi connectivity index (χ3v) is 9.66. The Labute approximate surface area is 340 Å². The van der Waals surface area contributed by atoms with Crippen LogP contribution in [0.25, 0.3) is 10.9 Å². The molecule has 0 aliphatic rings. The number of nitrogens with two attached hydrogens (primary N) is 2. The van der Waals surface area contributed by atoms with Gasteiger partial charge in [0.1, 0.15) is 36.3 Å². The number of hydrogen-bond donors (Lipinski definition) is 10. The van der Waals surface area contributed by atoms with Gasteiger partial charge in [0.2, 0.25) is 35.4 Å². The number of para-hydroxylation sites is 1. The van der Waals surface area contributed by atoms with Crippen LogP contribution >= 0.6 is 11.8 Å². The molecule has 0 saturated heterocycles. The Kier molecular flexibility index (Phi) is 18.5. The first-order valence-corrected chi connectivity index (χ1v) is 20.1. The van der Waals surface area contributed by atoms with E-state index in [-0.39, 0.29) is 44.6 Å². The van der Waals surface area contributed by atoms with Crippen LogP contribution < -0.4 is 43.4 Å². The Balaban J connectivity index is 1.90. The number of H-pyrrole nitrogens is 1. The number of rotatable bonds is 23. The SMILES string of the molecule is CSCCC(NC(=O)C(Cc1c[nH]c2ccccc12)NC(=O)C(C)NC(C)=O)C(=O)NC(CCCN=C(N)N)C(=O)NC(Cc1ccccc1)C(=O)NC(C)C(=O)O. The molecule has 0 spiro atoms. The standard InChI is InChI=1S/C39H54N10O8S/c1-22(44-24(3)50)33(51)48-32(20-26-21-43-28-14-9-8-13-27(26)28)37(55)47-30(16-18-58-4)35(53)46-29(15-10-17-42-39(40)41)34(52)49-31(19-25-11-6-5-7-12-25)36(54)45-23(2)38(56)57/h5-9,11-14,21-23,29-32,43H,10,15-20H2,1-4H3,(H,44,50)(H,45,54)(H,46,53)(H,47,55)(H,48,51)(H,49,52)(H,56,57)(H4,40,41,42). The molecule has 3 rings (SSSR count). The first-order chi connectivity index (χ1) is 27.6. The minimum Gasteiger partial charge on any atom is -0.480 e. The molecule has 1 aromatic heterocycles. The molecule has 0 fully saturated rings. The fourth-order valence-corrected chi connectivity index (χ4v) is 6.40. The molecule has 3 aromatic rings. The van der Waals surface area contributed by atoms with Gasteiger partial charge in [0.15, 0.2) is 5.96 Å². The fraction of sp³-hybridized carbons (Fsp3) is 0.436. The van der Waals surface area contributed by atoms with Crippen LogP contribution in [-0.4, -0.2) is 112 Å². The van der Waals surface area contributed by atoms with Crippen LogP contribution in [0.3, 0.4) is 0 Å². The van der Waals surface area contributed by atoms with Crippen LogP contribution in [-0.2, 0) is 46.4 Å². The van der Waals surface area contributed by atoms with E-state index < -0.39 is 77.7 Å². The molecule has 6 unspecified atom stereocenters. The van der Waals surface area contributed by atoms with Gasteiger partial charge in [0, 0.05) is 43.4 Å². The number of guanidine groups is 1. The summed E-state index contributed by atoms with van der Waals surface area (Å²) in [6.45, 7) is 4.15. The lowest BCUT2D eigenvalue weighted by atomic mass is 10.0. The van der Waals surface area contributed by atoms with Crippen molar-refractivity contribution in [3.63, 3.8) is 0 Å². The predicted molar refractivity (Wildman–Crippen MR) is 221 cm³/mol. The number of hydrogen-bond acceptors (Lipinski definition) is 9. The van der Waals surface area contributed by atoms with Gasteiger partial charge >= 0.3 is 5.97 Å². The number of amides is 6. The van der Waals surface area contributed by atoms with Crippen molar-refractivity contribution in [2.75, 3.05) is 18.6 Å². The van der Waals surface area contributed by atoms with E-state index >= 15 is 0 Å². The van der Waals surface area contributed by atoms with E-state index in [0.717, 1.165) is 16.5 Å². The van der Waals surface area contributed by atoms with Gasteiger partial charge in [-0.05, 0) is 62.3 Å². The summed E-state index contributed by atoms with van der Waals surface area (Å²) < 4.78 is 0. The molecule has 1 heterocycles. The van der Waals surface area contributed by atoms with E-state index in [1.165, 1.54) is 32.5 Å². The molecule has 0 radical (unpaired) electrons. The number of nitrogens with one attached hydrogen (secondary N) is 7. The molecular weight excluding hydrogens is 769 g/mol. The van der Waals surface area contributed by atoms with Crippen molar-refractivity contribution in [2.45, 2.75) is 89.1 Å². The zero-order chi connectivity index (χ0) is 42.8. The third-order valence-electron chi connectivity index (χ3n) is 9.01. The number of aromatic nitrogens is 1. The molecule has 0 aliphatic carbocycles. The number of carbonyl (C=O) groups is 7. The van der Waals surface area contributed by atoms with Crippen LogP contribution in [0.4, 0.5) is 0 Å². The quantitative estimate of drug-likeness (QED) is 0.0340. The van der Waals surface area contributed by atoms with E-state index in [9.17, 15) is 38.7 Å². The van der Waals surface area contributed by atoms with Crippen LogP contribution in [0.5, 0.6) is 0 Å². The average molecular weight is 823 g/mol. The molecule has 0 aliphatic heterocycles. The van der Waals surface area contributed by atoms with Crippen LogP contribution in [0.1, 0.15) is 51.2 Å². The summed E-state index contributed by atoms with van der Waals surface area (Å²) >= 11 is 1.42. The lowest BCUT2D eigenvalue weighted by Crippen LogP contribution is -2.59. The highest BCUT2D eigenvalue weighted by Crippen LogP contribution is 2.19. The zero-order valence-corrected chi connectivity index (χ0v) is 33.8. The normalized spacial score (nSPS) is 14.0. The average Bonchev–Trinajstić information content (AvgIpc) is 3.59. The Morgan fingerprint density at radius 2 is 1.26 bits per heavy atom. The Hall–Kier alpha value is -6.11. The predicted octanol–water partition coefficient (Wildman–Crippen LogP) is -0.187. The van der Waals surface area contributed by atoms with Crippen molar-refractivity contribution < 1.29 is 38.7 Å². The molecule has 2 aromatic carbocycles. The molecular formula is C39H54N10O8S. The van der Waals surface area contributed by atoms with Crippen molar-refractivity contribution in [2.24, 2.45) is 16.5 Å². The van der Waals surface area contributed by atoms with Crippen LogP contribution in [0.2, 0.25) is 0 Å². The van der Waals surface area contributed by atoms with Gasteiger partial charge in [-0.2, -0.15) is 11.8 Å². The lowest BCUT2D eigenvalue weighted by Gasteiger charge is -2.27. The maximum atomic E-state index is 14.1. The zero-order valence-electron chi connectivity index (χ0n) is 33.0. The number of benzene rings is 2. The molecule has 314 valence electrons. The summed E-state index contributed by atoms with van der Waals surface area (Å²) in [5.41, 5.74) is 13.2. The molecule has 19 heteroatoms. The minimum absolute atomic E-state index is 0.00984. The van der Waals surface area contributed by atoms with E-state index in [0.29, 0.717) is 11.3 Å². The smallest absolute Gasteiger partial charge is 0.325 e. The number of carbonyl (C=O) groups excluding carboxylic acids is 6. The number of nitrogens with zero attached hydrogens (tertiary/aromatic N) is 1. The van der Waals surface area contributed by atoms with E-state index in [1.54, 1.807) is 36.5 Å². The first kappa shape index (κ1) is 46.3. The third kappa shape index (κ3) is 15.1. The summed E-state index contributed by atoms with van der Waals surface area (Å²) in [7, 11) is 0. The Morgan fingerprint density at radius 1 is 0.707 bits per heavy atom. The van der Waals surface area contributed by atoms with Crippen LogP contribution in [0.15, 0.2) is 65.8 Å². The number of fused-ring (bicyclic) bond motifs is 1. The van der Waals surface area contributed by atoms with E-state index in [4.69, 9.17) is 11.5 Å². The first-order valence-electron chi connectivity index (χ1n) is 18.7. The van der Waals surface area contributed by atoms with Crippen molar-refractivity contribution in [1.29, 1.82) is 0 Å². The second-order valence-corrected chi connectivity index (χ2v) is 14.7. The summed E-state index contributed by atoms with van der Waals surface area (Å²) in [5, 5.41) is 26.0. The molecule has 0 bridgehead atoms. The summed E-state index contributed by atoms with van der Waals surface area (Å²) in [6, 6.07) is 9.14. The maximum Gasteiger partial charge on any atom is 0.325 e. The van der Waals surface area contributed by atoms with Gasteiger partial charge in [-0.1, -0.05) is 48.5 Å². The molecule has 0 saturated carbocycles. The number of aliphatic carboxylic acids is 1. The van der Waals surface area contributed by atoms with Gasteiger partial charge in [-0.15, -0.1) is 0 Å². The molecule has 18 nitrogen and oxygen atoms in total. The highest BCUT2D eigenvalue weighted by molar-refractivity contribution is 7.98. The Bertz CT molecular complexity index is 1920. The largest absolute Gasteiger partial charge is 0.480 e. The van der Waals surface area contributed by atoms with E-state index in [1.807, 2.05) is 30.5 Å². The van der Waals surface area contributed by atoms with Crippen molar-refractivity contribution >= 4 is 70.0 Å². The second-order valence-electron chi connectivity index (χ2n) is 13.7.